The standard InChI is InChI=1S/C18H16ClN3O2S/c1-11-10-22(17-13-5-3-4-6-16(13)25-21-17)20-18(24-11)12-7-8-14(19)15(9-12)23-2/h3-9,11H,10H2,1-2H3. The summed E-state index contributed by atoms with van der Waals surface area (Å²) in [6.07, 6.45) is -0.0189. The summed E-state index contributed by atoms with van der Waals surface area (Å²) in [4.78, 5) is 0. The highest BCUT2D eigenvalue weighted by Crippen LogP contribution is 2.32. The maximum atomic E-state index is 6.11. The highest BCUT2D eigenvalue weighted by molar-refractivity contribution is 7.13. The van der Waals surface area contributed by atoms with E-state index in [1.54, 1.807) is 13.2 Å². The number of benzene rings is 2. The van der Waals surface area contributed by atoms with Crippen LogP contribution in [0.15, 0.2) is 47.6 Å². The average Bonchev–Trinajstić information content (AvgIpc) is 3.06. The molecule has 3 aromatic rings. The van der Waals surface area contributed by atoms with Gasteiger partial charge in [0.05, 0.1) is 23.4 Å². The third-order valence-corrected chi connectivity index (χ3v) is 5.08. The molecule has 1 aromatic heterocycles. The lowest BCUT2D eigenvalue weighted by atomic mass is 10.2. The Labute approximate surface area is 154 Å². The number of hydrogen-bond acceptors (Lipinski definition) is 6. The molecular formula is C18H16ClN3O2S. The van der Waals surface area contributed by atoms with Crippen LogP contribution in [0.5, 0.6) is 5.75 Å². The monoisotopic (exact) mass is 373 g/mol. The number of rotatable bonds is 3. The highest BCUT2D eigenvalue weighted by Gasteiger charge is 2.25. The summed E-state index contributed by atoms with van der Waals surface area (Å²) in [5, 5.41) is 8.23. The third-order valence-electron chi connectivity index (χ3n) is 3.96. The molecule has 0 fully saturated rings. The number of hydrazone groups is 1. The predicted molar refractivity (Wildman–Crippen MR) is 102 cm³/mol. The molecule has 0 saturated heterocycles. The largest absolute Gasteiger partial charge is 0.495 e. The van der Waals surface area contributed by atoms with Gasteiger partial charge in [0.1, 0.15) is 11.9 Å². The van der Waals surface area contributed by atoms with Crippen molar-refractivity contribution in [1.82, 2.24) is 4.37 Å². The van der Waals surface area contributed by atoms with Gasteiger partial charge >= 0.3 is 0 Å². The van der Waals surface area contributed by atoms with E-state index in [0.29, 0.717) is 23.2 Å². The second-order valence-electron chi connectivity index (χ2n) is 5.77. The van der Waals surface area contributed by atoms with Crippen LogP contribution in [0.25, 0.3) is 10.1 Å². The van der Waals surface area contributed by atoms with Crippen LogP contribution in [0.4, 0.5) is 5.82 Å². The number of hydrogen-bond donors (Lipinski definition) is 0. The summed E-state index contributed by atoms with van der Waals surface area (Å²) in [5.74, 6) is 1.98. The summed E-state index contributed by atoms with van der Waals surface area (Å²) >= 11 is 7.59. The molecule has 0 spiro atoms. The van der Waals surface area contributed by atoms with Gasteiger partial charge in [0.2, 0.25) is 5.90 Å². The summed E-state index contributed by atoms with van der Waals surface area (Å²) < 4.78 is 17.0. The van der Waals surface area contributed by atoms with Crippen LogP contribution in [-0.4, -0.2) is 30.0 Å². The van der Waals surface area contributed by atoms with Gasteiger partial charge in [0.25, 0.3) is 0 Å². The molecule has 1 atom stereocenters. The molecule has 2 aromatic carbocycles. The second-order valence-corrected chi connectivity index (χ2v) is 6.98. The smallest absolute Gasteiger partial charge is 0.239 e. The van der Waals surface area contributed by atoms with Gasteiger partial charge in [-0.15, -0.1) is 5.10 Å². The van der Waals surface area contributed by atoms with Gasteiger partial charge in [-0.1, -0.05) is 23.7 Å². The number of halogens is 1. The molecule has 0 N–H and O–H groups in total. The maximum Gasteiger partial charge on any atom is 0.239 e. The van der Waals surface area contributed by atoms with Crippen molar-refractivity contribution >= 4 is 44.9 Å². The average molecular weight is 374 g/mol. The van der Waals surface area contributed by atoms with Crippen molar-refractivity contribution < 1.29 is 9.47 Å². The molecule has 0 amide bonds. The number of nitrogens with zero attached hydrogens (tertiary/aromatic N) is 3. The van der Waals surface area contributed by atoms with Gasteiger partial charge < -0.3 is 9.47 Å². The molecule has 0 radical (unpaired) electrons. The van der Waals surface area contributed by atoms with Crippen molar-refractivity contribution in [3.8, 4) is 5.75 Å². The molecule has 0 bridgehead atoms. The van der Waals surface area contributed by atoms with Crippen LogP contribution in [0.3, 0.4) is 0 Å². The van der Waals surface area contributed by atoms with E-state index in [4.69, 9.17) is 21.1 Å². The molecule has 1 unspecified atom stereocenters. The van der Waals surface area contributed by atoms with Gasteiger partial charge in [0, 0.05) is 10.9 Å². The van der Waals surface area contributed by atoms with Crippen LogP contribution in [0, 0.1) is 0 Å². The number of anilines is 1. The van der Waals surface area contributed by atoms with E-state index < -0.39 is 0 Å². The Kier molecular flexibility index (Phi) is 4.23. The summed E-state index contributed by atoms with van der Waals surface area (Å²) in [7, 11) is 1.59. The predicted octanol–water partition coefficient (Wildman–Crippen LogP) is 4.55. The fourth-order valence-corrected chi connectivity index (χ4v) is 3.73. The Balaban J connectivity index is 1.76. The topological polar surface area (TPSA) is 47.0 Å². The zero-order valence-corrected chi connectivity index (χ0v) is 15.3. The van der Waals surface area contributed by atoms with E-state index in [2.05, 4.69) is 21.6 Å². The van der Waals surface area contributed by atoms with Crippen LogP contribution in [0.2, 0.25) is 5.02 Å². The molecule has 2 heterocycles. The molecule has 4 rings (SSSR count). The van der Waals surface area contributed by atoms with E-state index >= 15 is 0 Å². The molecule has 0 saturated carbocycles. The number of fused-ring (bicyclic) bond motifs is 1. The summed E-state index contributed by atoms with van der Waals surface area (Å²) in [6.45, 7) is 2.66. The number of methoxy groups -OCH3 is 1. The van der Waals surface area contributed by atoms with Crippen LogP contribution < -0.4 is 9.75 Å². The van der Waals surface area contributed by atoms with E-state index in [9.17, 15) is 0 Å². The molecule has 25 heavy (non-hydrogen) atoms. The molecule has 5 nitrogen and oxygen atoms in total. The lowest BCUT2D eigenvalue weighted by Crippen LogP contribution is -2.37. The van der Waals surface area contributed by atoms with Gasteiger partial charge in [-0.25, -0.2) is 5.01 Å². The van der Waals surface area contributed by atoms with E-state index in [1.807, 2.05) is 36.2 Å². The fraction of sp³-hybridized carbons (Fsp3) is 0.222. The molecule has 1 aliphatic heterocycles. The van der Waals surface area contributed by atoms with Crippen LogP contribution >= 0.6 is 23.1 Å². The highest BCUT2D eigenvalue weighted by atomic mass is 35.5. The SMILES string of the molecule is COc1cc(C2=NN(c3nsc4ccccc34)CC(C)O2)ccc1Cl. The first kappa shape index (κ1) is 16.2. The van der Waals surface area contributed by atoms with Gasteiger partial charge in [0.15, 0.2) is 5.82 Å². The van der Waals surface area contributed by atoms with Crippen LogP contribution in [-0.2, 0) is 4.74 Å². The van der Waals surface area contributed by atoms with Crippen molar-refractivity contribution in [2.24, 2.45) is 5.10 Å². The Bertz CT molecular complexity index is 956. The van der Waals surface area contributed by atoms with Crippen molar-refractivity contribution in [2.45, 2.75) is 13.0 Å². The molecule has 7 heteroatoms. The lowest BCUT2D eigenvalue weighted by molar-refractivity contribution is 0.198. The third kappa shape index (κ3) is 3.03. The van der Waals surface area contributed by atoms with Gasteiger partial charge in [-0.05, 0) is 48.8 Å². The fourth-order valence-electron chi connectivity index (χ4n) is 2.76. The number of aromatic nitrogens is 1. The Morgan fingerprint density at radius 1 is 1.28 bits per heavy atom. The van der Waals surface area contributed by atoms with Gasteiger partial charge in [-0.2, -0.15) is 4.37 Å². The minimum atomic E-state index is -0.0189. The van der Waals surface area contributed by atoms with Crippen molar-refractivity contribution in [1.29, 1.82) is 0 Å². The maximum absolute atomic E-state index is 6.11. The van der Waals surface area contributed by atoms with E-state index in [0.717, 1.165) is 21.5 Å². The van der Waals surface area contributed by atoms with E-state index in [1.165, 1.54) is 11.5 Å². The Hall–Kier alpha value is -2.31. The van der Waals surface area contributed by atoms with Crippen molar-refractivity contribution in [3.63, 3.8) is 0 Å². The van der Waals surface area contributed by atoms with Crippen molar-refractivity contribution in [2.75, 3.05) is 18.7 Å². The normalized spacial score (nSPS) is 17.3. The van der Waals surface area contributed by atoms with Crippen LogP contribution in [0.1, 0.15) is 12.5 Å². The first-order valence-corrected chi connectivity index (χ1v) is 9.02. The zero-order valence-electron chi connectivity index (χ0n) is 13.8. The molecule has 1 aliphatic rings. The first-order valence-electron chi connectivity index (χ1n) is 7.87. The molecule has 0 aliphatic carbocycles. The Morgan fingerprint density at radius 3 is 2.96 bits per heavy atom. The molecular weight excluding hydrogens is 358 g/mol. The quantitative estimate of drug-likeness (QED) is 0.676. The van der Waals surface area contributed by atoms with E-state index in [-0.39, 0.29) is 6.10 Å². The first-order chi connectivity index (χ1) is 12.2. The minimum Gasteiger partial charge on any atom is -0.495 e. The zero-order chi connectivity index (χ0) is 17.4. The molecule has 128 valence electrons. The lowest BCUT2D eigenvalue weighted by Gasteiger charge is -2.29. The minimum absolute atomic E-state index is 0.0189. The van der Waals surface area contributed by atoms with Gasteiger partial charge in [-0.3, -0.25) is 0 Å². The summed E-state index contributed by atoms with van der Waals surface area (Å²) in [6, 6.07) is 13.6. The second kappa shape index (κ2) is 6.54. The Morgan fingerprint density at radius 2 is 2.12 bits per heavy atom. The number of ether oxygens (including phenoxy) is 2. The summed E-state index contributed by atoms with van der Waals surface area (Å²) in [5.41, 5.74) is 0.817. The van der Waals surface area contributed by atoms with Crippen molar-refractivity contribution in [3.05, 3.63) is 53.1 Å².